The first-order valence-corrected chi connectivity index (χ1v) is 6.69. The van der Waals surface area contributed by atoms with E-state index in [2.05, 4.69) is 11.9 Å². The molecular formula is C15H30N2O2. The van der Waals surface area contributed by atoms with Crippen molar-refractivity contribution < 1.29 is 9.63 Å². The molecule has 0 aliphatic carbocycles. The lowest BCUT2D eigenvalue weighted by atomic mass is 9.95. The SMILES string of the molecule is C=CCON(C(C)(C)C)C(C)(C)C(=O)NC(C)(C)C. The van der Waals surface area contributed by atoms with Crippen molar-refractivity contribution in [2.24, 2.45) is 0 Å². The Morgan fingerprint density at radius 2 is 1.63 bits per heavy atom. The lowest BCUT2D eigenvalue weighted by Gasteiger charge is -2.45. The molecule has 0 spiro atoms. The molecule has 19 heavy (non-hydrogen) atoms. The summed E-state index contributed by atoms with van der Waals surface area (Å²) in [6.45, 7) is 19.7. The van der Waals surface area contributed by atoms with Crippen molar-refractivity contribution in [3.63, 3.8) is 0 Å². The summed E-state index contributed by atoms with van der Waals surface area (Å²) < 4.78 is 0. The van der Waals surface area contributed by atoms with Crippen LogP contribution in [0.2, 0.25) is 0 Å². The summed E-state index contributed by atoms with van der Waals surface area (Å²) in [7, 11) is 0. The van der Waals surface area contributed by atoms with Gasteiger partial charge in [-0.1, -0.05) is 6.08 Å². The van der Waals surface area contributed by atoms with E-state index in [1.807, 2.05) is 55.4 Å². The third kappa shape index (κ3) is 5.74. The topological polar surface area (TPSA) is 41.6 Å². The number of amides is 1. The maximum absolute atomic E-state index is 12.5. The average molecular weight is 270 g/mol. The summed E-state index contributed by atoms with van der Waals surface area (Å²) >= 11 is 0. The largest absolute Gasteiger partial charge is 0.350 e. The third-order valence-electron chi connectivity index (χ3n) is 2.48. The highest BCUT2D eigenvalue weighted by Gasteiger charge is 2.42. The Kier molecular flexibility index (Phi) is 5.78. The van der Waals surface area contributed by atoms with Crippen LogP contribution in [0.1, 0.15) is 55.4 Å². The summed E-state index contributed by atoms with van der Waals surface area (Å²) in [4.78, 5) is 18.2. The summed E-state index contributed by atoms with van der Waals surface area (Å²) in [6, 6.07) is 0. The van der Waals surface area contributed by atoms with Gasteiger partial charge in [-0.25, -0.2) is 0 Å². The smallest absolute Gasteiger partial charge is 0.242 e. The lowest BCUT2D eigenvalue weighted by Crippen LogP contribution is -2.63. The molecule has 0 aromatic heterocycles. The van der Waals surface area contributed by atoms with Crippen molar-refractivity contribution in [2.45, 2.75) is 72.0 Å². The molecule has 4 nitrogen and oxygen atoms in total. The molecule has 0 aromatic carbocycles. The van der Waals surface area contributed by atoms with Crippen molar-refractivity contribution in [2.75, 3.05) is 6.61 Å². The van der Waals surface area contributed by atoms with E-state index in [0.29, 0.717) is 6.61 Å². The van der Waals surface area contributed by atoms with Crippen LogP contribution >= 0.6 is 0 Å². The van der Waals surface area contributed by atoms with Gasteiger partial charge in [-0.3, -0.25) is 9.63 Å². The summed E-state index contributed by atoms with van der Waals surface area (Å²) in [5, 5.41) is 4.74. The van der Waals surface area contributed by atoms with E-state index in [0.717, 1.165) is 0 Å². The van der Waals surface area contributed by atoms with Gasteiger partial charge in [0.1, 0.15) is 5.54 Å². The van der Waals surface area contributed by atoms with E-state index >= 15 is 0 Å². The molecule has 4 heteroatoms. The molecule has 0 saturated carbocycles. The molecule has 0 fully saturated rings. The van der Waals surface area contributed by atoms with Crippen LogP contribution < -0.4 is 5.32 Å². The predicted octanol–water partition coefficient (Wildman–Crippen LogP) is 2.90. The molecule has 0 heterocycles. The molecule has 1 amide bonds. The number of hydrogen-bond donors (Lipinski definition) is 1. The molecular weight excluding hydrogens is 240 g/mol. The molecule has 0 rings (SSSR count). The first-order valence-electron chi connectivity index (χ1n) is 6.69. The number of rotatable bonds is 5. The molecule has 0 saturated heterocycles. The van der Waals surface area contributed by atoms with Crippen molar-refractivity contribution in [1.82, 2.24) is 10.4 Å². The highest BCUT2D eigenvalue weighted by molar-refractivity contribution is 5.85. The molecule has 112 valence electrons. The Morgan fingerprint density at radius 3 is 1.95 bits per heavy atom. The normalized spacial score (nSPS) is 13.5. The van der Waals surface area contributed by atoms with Gasteiger partial charge < -0.3 is 5.32 Å². The molecule has 1 N–H and O–H groups in total. The van der Waals surface area contributed by atoms with Crippen molar-refractivity contribution >= 4 is 5.91 Å². The Balaban J connectivity index is 5.17. The van der Waals surface area contributed by atoms with E-state index in [9.17, 15) is 4.79 Å². The van der Waals surface area contributed by atoms with Crippen LogP contribution in [0, 0.1) is 0 Å². The molecule has 0 atom stereocenters. The van der Waals surface area contributed by atoms with Crippen molar-refractivity contribution in [1.29, 1.82) is 0 Å². The number of hydroxylamine groups is 2. The molecule has 0 aliphatic rings. The van der Waals surface area contributed by atoms with Gasteiger partial charge in [0.05, 0.1) is 6.61 Å². The Morgan fingerprint density at radius 1 is 1.16 bits per heavy atom. The van der Waals surface area contributed by atoms with Gasteiger partial charge in [0.15, 0.2) is 0 Å². The molecule has 0 aromatic rings. The van der Waals surface area contributed by atoms with E-state index in [1.54, 1.807) is 11.1 Å². The van der Waals surface area contributed by atoms with E-state index in [1.165, 1.54) is 0 Å². The van der Waals surface area contributed by atoms with Gasteiger partial charge in [-0.15, -0.1) is 6.58 Å². The van der Waals surface area contributed by atoms with Crippen LogP contribution in [0.3, 0.4) is 0 Å². The monoisotopic (exact) mass is 270 g/mol. The quantitative estimate of drug-likeness (QED) is 0.617. The fourth-order valence-electron chi connectivity index (χ4n) is 1.91. The van der Waals surface area contributed by atoms with Crippen LogP contribution in [-0.2, 0) is 9.63 Å². The molecule has 0 radical (unpaired) electrons. The Bertz CT molecular complexity index is 322. The zero-order chi connectivity index (χ0) is 15.5. The van der Waals surface area contributed by atoms with Gasteiger partial charge in [0, 0.05) is 11.1 Å². The maximum atomic E-state index is 12.5. The first kappa shape index (κ1) is 18.1. The van der Waals surface area contributed by atoms with Crippen LogP contribution in [-0.4, -0.2) is 34.2 Å². The number of nitrogens with zero attached hydrogens (tertiary/aromatic N) is 1. The minimum Gasteiger partial charge on any atom is -0.350 e. The highest BCUT2D eigenvalue weighted by atomic mass is 16.7. The maximum Gasteiger partial charge on any atom is 0.242 e. The summed E-state index contributed by atoms with van der Waals surface area (Å²) in [5.41, 5.74) is -1.33. The first-order chi connectivity index (χ1) is 8.32. The lowest BCUT2D eigenvalue weighted by molar-refractivity contribution is -0.250. The van der Waals surface area contributed by atoms with Gasteiger partial charge in [0.2, 0.25) is 5.91 Å². The zero-order valence-corrected chi connectivity index (χ0v) is 13.8. The minimum absolute atomic E-state index is 0.0565. The predicted molar refractivity (Wildman–Crippen MR) is 79.7 cm³/mol. The Labute approximate surface area is 118 Å². The summed E-state index contributed by atoms with van der Waals surface area (Å²) in [5.74, 6) is -0.0565. The van der Waals surface area contributed by atoms with Crippen molar-refractivity contribution in [3.05, 3.63) is 12.7 Å². The van der Waals surface area contributed by atoms with Gasteiger partial charge >= 0.3 is 0 Å². The van der Waals surface area contributed by atoms with Gasteiger partial charge in [-0.05, 0) is 55.4 Å². The van der Waals surface area contributed by atoms with Crippen molar-refractivity contribution in [3.8, 4) is 0 Å². The number of nitrogens with one attached hydrogen (secondary N) is 1. The Hall–Kier alpha value is -0.870. The number of carbonyl (C=O) groups excluding carboxylic acids is 1. The number of hydrogen-bond acceptors (Lipinski definition) is 3. The van der Waals surface area contributed by atoms with Crippen LogP contribution in [0.15, 0.2) is 12.7 Å². The molecule has 0 bridgehead atoms. The van der Waals surface area contributed by atoms with E-state index in [-0.39, 0.29) is 17.0 Å². The second kappa shape index (κ2) is 6.06. The standard InChI is InChI=1S/C15H30N2O2/c1-10-11-19-17(14(5,6)7)15(8,9)12(18)16-13(2,3)4/h10H,1,11H2,2-9H3,(H,16,18). The average Bonchev–Trinajstić information content (AvgIpc) is 2.12. The second-order valence-electron chi connectivity index (χ2n) is 7.31. The van der Waals surface area contributed by atoms with Crippen LogP contribution in [0.4, 0.5) is 0 Å². The second-order valence-corrected chi connectivity index (χ2v) is 7.31. The van der Waals surface area contributed by atoms with Gasteiger partial charge in [-0.2, -0.15) is 5.06 Å². The van der Waals surface area contributed by atoms with E-state index < -0.39 is 5.54 Å². The number of carbonyl (C=O) groups is 1. The molecule has 0 aliphatic heterocycles. The van der Waals surface area contributed by atoms with Crippen LogP contribution in [0.25, 0.3) is 0 Å². The van der Waals surface area contributed by atoms with Gasteiger partial charge in [0.25, 0.3) is 0 Å². The zero-order valence-electron chi connectivity index (χ0n) is 13.8. The fourth-order valence-corrected chi connectivity index (χ4v) is 1.91. The van der Waals surface area contributed by atoms with Crippen LogP contribution in [0.5, 0.6) is 0 Å². The highest BCUT2D eigenvalue weighted by Crippen LogP contribution is 2.26. The van der Waals surface area contributed by atoms with E-state index in [4.69, 9.17) is 4.84 Å². The summed E-state index contributed by atoms with van der Waals surface area (Å²) in [6.07, 6.45) is 1.68. The molecule has 0 unspecified atom stereocenters. The fraction of sp³-hybridized carbons (Fsp3) is 0.800. The third-order valence-corrected chi connectivity index (χ3v) is 2.48. The minimum atomic E-state index is -0.769.